The fourth-order valence-electron chi connectivity index (χ4n) is 4.21. The lowest BCUT2D eigenvalue weighted by molar-refractivity contribution is -0.120. The van der Waals surface area contributed by atoms with Gasteiger partial charge in [0.05, 0.1) is 0 Å². The summed E-state index contributed by atoms with van der Waals surface area (Å²) in [4.78, 5) is 17.5. The molecule has 4 atom stereocenters. The Balaban J connectivity index is 1.75. The molecular weight excluding hydrogens is 260 g/mol. The monoisotopic (exact) mass is 284 g/mol. The zero-order valence-corrected chi connectivity index (χ0v) is 13.2. The summed E-state index contributed by atoms with van der Waals surface area (Å²) in [5.74, 6) is 1.73. The smallest absolute Gasteiger partial charge is 0.230 e. The molecule has 0 N–H and O–H groups in total. The number of likely N-dealkylation sites (tertiary alicyclic amines) is 1. The van der Waals surface area contributed by atoms with Gasteiger partial charge in [-0.25, -0.2) is 0 Å². The Kier molecular flexibility index (Phi) is 2.90. The number of fused-ring (bicyclic) bond motifs is 3. The van der Waals surface area contributed by atoms with E-state index in [1.807, 2.05) is 0 Å². The zero-order valence-electron chi connectivity index (χ0n) is 13.2. The summed E-state index contributed by atoms with van der Waals surface area (Å²) in [6.45, 7) is 6.51. The number of piperidine rings is 1. The molecule has 21 heavy (non-hydrogen) atoms. The van der Waals surface area contributed by atoms with Crippen LogP contribution in [0.2, 0.25) is 0 Å². The summed E-state index contributed by atoms with van der Waals surface area (Å²) in [6.07, 6.45) is 2.18. The van der Waals surface area contributed by atoms with Crippen molar-refractivity contribution in [2.24, 2.45) is 11.8 Å². The van der Waals surface area contributed by atoms with Crippen LogP contribution < -0.4 is 4.90 Å². The topological polar surface area (TPSA) is 23.6 Å². The second-order valence-corrected chi connectivity index (χ2v) is 7.31. The van der Waals surface area contributed by atoms with Crippen molar-refractivity contribution >= 4 is 11.6 Å². The predicted octanol–water partition coefficient (Wildman–Crippen LogP) is 2.79. The molecule has 3 aliphatic rings. The van der Waals surface area contributed by atoms with Crippen LogP contribution >= 0.6 is 0 Å². The molecular formula is C18H24N2O. The van der Waals surface area contributed by atoms with Crippen LogP contribution in [0.3, 0.4) is 0 Å². The zero-order chi connectivity index (χ0) is 14.7. The highest BCUT2D eigenvalue weighted by Gasteiger charge is 2.49. The molecule has 2 heterocycles. The molecule has 0 radical (unpaired) electrons. The number of carbonyl (C=O) groups excluding carboxylic acids is 1. The Bertz CT molecular complexity index is 597. The second-order valence-electron chi connectivity index (χ2n) is 7.31. The number of carbonyl (C=O) groups is 1. The molecule has 3 nitrogen and oxygen atoms in total. The molecule has 1 amide bonds. The second kappa shape index (κ2) is 4.57. The van der Waals surface area contributed by atoms with E-state index in [1.54, 1.807) is 0 Å². The van der Waals surface area contributed by atoms with Gasteiger partial charge in [-0.2, -0.15) is 0 Å². The lowest BCUT2D eigenvalue weighted by Gasteiger charge is -2.36. The highest BCUT2D eigenvalue weighted by Crippen LogP contribution is 2.48. The minimum absolute atomic E-state index is 0.276. The molecule has 2 aliphatic heterocycles. The van der Waals surface area contributed by atoms with Crippen molar-refractivity contribution in [3.8, 4) is 0 Å². The molecule has 1 aliphatic carbocycles. The van der Waals surface area contributed by atoms with E-state index in [4.69, 9.17) is 0 Å². The van der Waals surface area contributed by atoms with Crippen molar-refractivity contribution in [1.29, 1.82) is 0 Å². The van der Waals surface area contributed by atoms with Crippen LogP contribution in [-0.2, 0) is 4.79 Å². The number of hydrogen-bond donors (Lipinski definition) is 0. The van der Waals surface area contributed by atoms with Crippen molar-refractivity contribution in [1.82, 2.24) is 4.90 Å². The molecule has 112 valence electrons. The molecule has 0 bridgehead atoms. The van der Waals surface area contributed by atoms with Gasteiger partial charge in [-0.15, -0.1) is 0 Å². The third-order valence-electron chi connectivity index (χ3n) is 5.62. The Hall–Kier alpha value is -1.35. The van der Waals surface area contributed by atoms with Crippen molar-refractivity contribution in [2.75, 3.05) is 25.0 Å². The molecule has 1 saturated carbocycles. The Morgan fingerprint density at radius 1 is 1.33 bits per heavy atom. The van der Waals surface area contributed by atoms with Crippen LogP contribution in [0.4, 0.5) is 5.69 Å². The summed E-state index contributed by atoms with van der Waals surface area (Å²) in [6, 6.07) is 7.01. The van der Waals surface area contributed by atoms with Gasteiger partial charge < -0.3 is 9.80 Å². The normalized spacial score (nSPS) is 34.5. The van der Waals surface area contributed by atoms with Gasteiger partial charge in [-0.1, -0.05) is 24.6 Å². The van der Waals surface area contributed by atoms with Gasteiger partial charge in [-0.3, -0.25) is 4.79 Å². The molecule has 1 aromatic carbocycles. The van der Waals surface area contributed by atoms with Gasteiger partial charge in [0.1, 0.15) is 0 Å². The number of anilines is 1. The van der Waals surface area contributed by atoms with E-state index in [9.17, 15) is 4.79 Å². The average Bonchev–Trinajstić information content (AvgIpc) is 3.10. The van der Waals surface area contributed by atoms with E-state index < -0.39 is 0 Å². The fraction of sp³-hybridized carbons (Fsp3) is 0.611. The SMILES string of the molecule is Cc1ccc2c(c1)[C@@H]1CN(C)CC[C@@H]1N2C(=O)[C@H]1C[C@H]1C. The van der Waals surface area contributed by atoms with E-state index in [0.717, 1.165) is 25.9 Å². The molecule has 0 spiro atoms. The lowest BCUT2D eigenvalue weighted by atomic mass is 9.89. The summed E-state index contributed by atoms with van der Waals surface area (Å²) >= 11 is 0. The number of aryl methyl sites for hydroxylation is 1. The van der Waals surface area contributed by atoms with Gasteiger partial charge in [0, 0.05) is 30.1 Å². The fourth-order valence-corrected chi connectivity index (χ4v) is 4.21. The molecule has 4 rings (SSSR count). The molecule has 0 unspecified atom stereocenters. The van der Waals surface area contributed by atoms with E-state index in [1.165, 1.54) is 16.8 Å². The first-order valence-corrected chi connectivity index (χ1v) is 8.18. The third-order valence-corrected chi connectivity index (χ3v) is 5.62. The minimum atomic E-state index is 0.276. The first-order valence-electron chi connectivity index (χ1n) is 8.18. The highest BCUT2D eigenvalue weighted by atomic mass is 16.2. The number of benzene rings is 1. The number of nitrogens with zero attached hydrogens (tertiary/aromatic N) is 2. The third kappa shape index (κ3) is 2.02. The standard InChI is InChI=1S/C18H24N2O/c1-11-4-5-16-14(8-11)15-10-19(3)7-6-17(15)20(16)18(21)13-9-12(13)2/h4-5,8,12-13,15,17H,6-7,9-10H2,1-3H3/t12-,13+,15+,17+/m1/s1. The van der Waals surface area contributed by atoms with E-state index in [0.29, 0.717) is 23.8 Å². The molecule has 3 heteroatoms. The number of likely N-dealkylation sites (N-methyl/N-ethyl adjacent to an activating group) is 1. The summed E-state index contributed by atoms with van der Waals surface area (Å²) in [5, 5.41) is 0. The van der Waals surface area contributed by atoms with Gasteiger partial charge in [-0.05, 0) is 50.9 Å². The van der Waals surface area contributed by atoms with Crippen LogP contribution in [0.15, 0.2) is 18.2 Å². The molecule has 0 aromatic heterocycles. The number of hydrogen-bond acceptors (Lipinski definition) is 2. The maximum Gasteiger partial charge on any atom is 0.230 e. The van der Waals surface area contributed by atoms with Crippen LogP contribution in [0.1, 0.15) is 36.8 Å². The van der Waals surface area contributed by atoms with E-state index >= 15 is 0 Å². The van der Waals surface area contributed by atoms with Crippen LogP contribution in [-0.4, -0.2) is 37.0 Å². The quantitative estimate of drug-likeness (QED) is 0.791. The summed E-state index contributed by atoms with van der Waals surface area (Å²) in [5.41, 5.74) is 3.89. The summed E-state index contributed by atoms with van der Waals surface area (Å²) in [7, 11) is 2.19. The maximum atomic E-state index is 12.9. The van der Waals surface area contributed by atoms with Crippen molar-refractivity contribution < 1.29 is 4.79 Å². The number of amides is 1. The van der Waals surface area contributed by atoms with Crippen LogP contribution in [0.5, 0.6) is 0 Å². The van der Waals surface area contributed by atoms with E-state index in [2.05, 4.69) is 48.9 Å². The van der Waals surface area contributed by atoms with E-state index in [-0.39, 0.29) is 5.92 Å². The average molecular weight is 284 g/mol. The summed E-state index contributed by atoms with van der Waals surface area (Å²) < 4.78 is 0. The maximum absolute atomic E-state index is 12.9. The van der Waals surface area contributed by atoms with Crippen LogP contribution in [0.25, 0.3) is 0 Å². The number of rotatable bonds is 1. The Labute approximate surface area is 126 Å². The predicted molar refractivity (Wildman–Crippen MR) is 84.6 cm³/mol. The largest absolute Gasteiger partial charge is 0.308 e. The first-order chi connectivity index (χ1) is 10.1. The first kappa shape index (κ1) is 13.3. The molecule has 1 saturated heterocycles. The lowest BCUT2D eigenvalue weighted by Crippen LogP contribution is -2.47. The van der Waals surface area contributed by atoms with Crippen molar-refractivity contribution in [3.63, 3.8) is 0 Å². The van der Waals surface area contributed by atoms with Crippen molar-refractivity contribution in [2.45, 2.75) is 38.6 Å². The van der Waals surface area contributed by atoms with Crippen molar-refractivity contribution in [3.05, 3.63) is 29.3 Å². The Morgan fingerprint density at radius 2 is 2.10 bits per heavy atom. The Morgan fingerprint density at radius 3 is 2.81 bits per heavy atom. The van der Waals surface area contributed by atoms with Gasteiger partial charge in [0.15, 0.2) is 0 Å². The van der Waals surface area contributed by atoms with Gasteiger partial charge >= 0.3 is 0 Å². The van der Waals surface area contributed by atoms with Crippen LogP contribution in [0, 0.1) is 18.8 Å². The minimum Gasteiger partial charge on any atom is -0.308 e. The van der Waals surface area contributed by atoms with Gasteiger partial charge in [0.25, 0.3) is 0 Å². The molecule has 2 fully saturated rings. The van der Waals surface area contributed by atoms with Gasteiger partial charge in [0.2, 0.25) is 5.91 Å². The highest BCUT2D eigenvalue weighted by molar-refractivity contribution is 5.99. The molecule has 1 aromatic rings.